The van der Waals surface area contributed by atoms with Crippen molar-refractivity contribution in [2.75, 3.05) is 5.43 Å². The fraction of sp³-hybridized carbons (Fsp3) is 0.364. The molecule has 4 nitrogen and oxygen atoms in total. The predicted molar refractivity (Wildman–Crippen MR) is 67.8 cm³/mol. The van der Waals surface area contributed by atoms with Crippen LogP contribution in [0.2, 0.25) is 0 Å². The molecule has 0 aliphatic carbocycles. The Balaban J connectivity index is 2.14. The van der Waals surface area contributed by atoms with Crippen LogP contribution in [0.25, 0.3) is 0 Å². The van der Waals surface area contributed by atoms with Crippen LogP contribution in [0.5, 0.6) is 0 Å². The van der Waals surface area contributed by atoms with Crippen LogP contribution < -0.4 is 5.43 Å². The number of aromatic nitrogens is 3. The van der Waals surface area contributed by atoms with E-state index in [0.717, 1.165) is 23.3 Å². The van der Waals surface area contributed by atoms with E-state index in [0.29, 0.717) is 0 Å². The molecule has 2 aromatic rings. The van der Waals surface area contributed by atoms with Crippen molar-refractivity contribution in [1.29, 1.82) is 0 Å². The van der Waals surface area contributed by atoms with Crippen molar-refractivity contribution in [2.45, 2.75) is 26.9 Å². The van der Waals surface area contributed by atoms with Gasteiger partial charge in [0, 0.05) is 18.9 Å². The summed E-state index contributed by atoms with van der Waals surface area (Å²) in [4.78, 5) is 0. The summed E-state index contributed by atoms with van der Waals surface area (Å²) in [6.07, 6.45) is 3.96. The summed E-state index contributed by atoms with van der Waals surface area (Å²) in [5.41, 5.74) is 5.50. The third-order valence-corrected chi connectivity index (χ3v) is 3.52. The number of nitrogens with one attached hydrogen (secondary N) is 1. The predicted octanol–water partition coefficient (Wildman–Crippen LogP) is 2.52. The molecule has 0 amide bonds. The SMILES string of the molecule is CCn1nc(C)c(Br)c1CNn1cccc1. The standard InChI is InChI=1S/C11H15BrN4/c1-3-16-10(11(12)9(2)14-16)8-13-15-6-4-5-7-15/h4-7,13H,3,8H2,1-2H3. The first-order valence-corrected chi connectivity index (χ1v) is 6.10. The summed E-state index contributed by atoms with van der Waals surface area (Å²) in [6.45, 7) is 5.74. The van der Waals surface area contributed by atoms with E-state index in [1.54, 1.807) is 0 Å². The van der Waals surface area contributed by atoms with Crippen molar-refractivity contribution < 1.29 is 0 Å². The normalized spacial score (nSPS) is 10.7. The fourth-order valence-electron chi connectivity index (χ4n) is 1.64. The molecular weight excluding hydrogens is 268 g/mol. The largest absolute Gasteiger partial charge is 0.320 e. The molecular formula is C11H15BrN4. The molecule has 0 atom stereocenters. The molecule has 0 saturated heterocycles. The van der Waals surface area contributed by atoms with Crippen LogP contribution >= 0.6 is 15.9 Å². The minimum atomic E-state index is 0.754. The topological polar surface area (TPSA) is 34.8 Å². The van der Waals surface area contributed by atoms with Gasteiger partial charge in [0.2, 0.25) is 0 Å². The zero-order valence-corrected chi connectivity index (χ0v) is 11.0. The molecule has 5 heteroatoms. The third-order valence-electron chi connectivity index (χ3n) is 2.49. The first-order chi connectivity index (χ1) is 7.72. The van der Waals surface area contributed by atoms with Crippen molar-refractivity contribution in [2.24, 2.45) is 0 Å². The molecule has 0 aliphatic heterocycles. The monoisotopic (exact) mass is 282 g/mol. The Bertz CT molecular complexity index is 459. The fourth-order valence-corrected chi connectivity index (χ4v) is 2.07. The second-order valence-corrected chi connectivity index (χ2v) is 4.38. The molecule has 0 aromatic carbocycles. The van der Waals surface area contributed by atoms with E-state index in [2.05, 4.69) is 33.4 Å². The van der Waals surface area contributed by atoms with Gasteiger partial charge >= 0.3 is 0 Å². The smallest absolute Gasteiger partial charge is 0.0744 e. The molecule has 0 unspecified atom stereocenters. The molecule has 2 aromatic heterocycles. The molecule has 16 heavy (non-hydrogen) atoms. The van der Waals surface area contributed by atoms with Gasteiger partial charge in [-0.2, -0.15) is 5.10 Å². The number of hydrogen-bond donors (Lipinski definition) is 1. The number of halogens is 1. The Morgan fingerprint density at radius 1 is 1.38 bits per heavy atom. The Morgan fingerprint density at radius 2 is 2.06 bits per heavy atom. The molecule has 0 aliphatic rings. The second-order valence-electron chi connectivity index (χ2n) is 3.59. The van der Waals surface area contributed by atoms with Crippen LogP contribution in [0.3, 0.4) is 0 Å². The van der Waals surface area contributed by atoms with Crippen molar-refractivity contribution in [3.63, 3.8) is 0 Å². The lowest BCUT2D eigenvalue weighted by molar-refractivity contribution is 0.613. The Labute approximate surface area is 103 Å². The van der Waals surface area contributed by atoms with Gasteiger partial charge < -0.3 is 5.43 Å². The van der Waals surface area contributed by atoms with E-state index in [4.69, 9.17) is 0 Å². The molecule has 86 valence electrons. The van der Waals surface area contributed by atoms with E-state index < -0.39 is 0 Å². The van der Waals surface area contributed by atoms with Gasteiger partial charge in [0.15, 0.2) is 0 Å². The molecule has 0 radical (unpaired) electrons. The minimum absolute atomic E-state index is 0.754. The lowest BCUT2D eigenvalue weighted by Gasteiger charge is -2.09. The van der Waals surface area contributed by atoms with Gasteiger partial charge in [-0.25, -0.2) is 0 Å². The molecule has 2 heterocycles. The quantitative estimate of drug-likeness (QED) is 0.935. The van der Waals surface area contributed by atoms with E-state index in [1.807, 2.05) is 40.8 Å². The zero-order chi connectivity index (χ0) is 11.5. The molecule has 1 N–H and O–H groups in total. The van der Waals surface area contributed by atoms with Crippen molar-refractivity contribution in [1.82, 2.24) is 14.5 Å². The van der Waals surface area contributed by atoms with Crippen LogP contribution in [-0.4, -0.2) is 14.5 Å². The maximum Gasteiger partial charge on any atom is 0.0744 e. The number of aryl methyl sites for hydroxylation is 2. The summed E-state index contributed by atoms with van der Waals surface area (Å²) in [6, 6.07) is 3.98. The van der Waals surface area contributed by atoms with Gasteiger partial charge in [0.25, 0.3) is 0 Å². The van der Waals surface area contributed by atoms with Gasteiger partial charge in [-0.3, -0.25) is 9.36 Å². The van der Waals surface area contributed by atoms with Crippen LogP contribution in [0.4, 0.5) is 0 Å². The third kappa shape index (κ3) is 2.14. The average Bonchev–Trinajstić information content (AvgIpc) is 2.87. The highest BCUT2D eigenvalue weighted by Gasteiger charge is 2.11. The Hall–Kier alpha value is -1.23. The van der Waals surface area contributed by atoms with E-state index in [9.17, 15) is 0 Å². The highest BCUT2D eigenvalue weighted by atomic mass is 79.9. The van der Waals surface area contributed by atoms with Crippen molar-refractivity contribution >= 4 is 15.9 Å². The molecule has 2 rings (SSSR count). The Kier molecular flexibility index (Phi) is 3.33. The van der Waals surface area contributed by atoms with Gasteiger partial charge in [-0.1, -0.05) is 0 Å². The number of hydrogen-bond acceptors (Lipinski definition) is 2. The first-order valence-electron chi connectivity index (χ1n) is 5.31. The minimum Gasteiger partial charge on any atom is -0.320 e. The zero-order valence-electron chi connectivity index (χ0n) is 9.44. The second kappa shape index (κ2) is 4.74. The van der Waals surface area contributed by atoms with Gasteiger partial charge in [-0.05, 0) is 41.9 Å². The van der Waals surface area contributed by atoms with Crippen LogP contribution in [0.1, 0.15) is 18.3 Å². The maximum absolute atomic E-state index is 4.45. The van der Waals surface area contributed by atoms with Gasteiger partial charge in [0.1, 0.15) is 0 Å². The van der Waals surface area contributed by atoms with Crippen LogP contribution in [0, 0.1) is 6.92 Å². The number of nitrogens with zero attached hydrogens (tertiary/aromatic N) is 3. The van der Waals surface area contributed by atoms with Gasteiger partial charge in [0.05, 0.1) is 22.4 Å². The highest BCUT2D eigenvalue weighted by Crippen LogP contribution is 2.20. The highest BCUT2D eigenvalue weighted by molar-refractivity contribution is 9.10. The summed E-state index contributed by atoms with van der Waals surface area (Å²) in [5, 5.41) is 4.45. The van der Waals surface area contributed by atoms with Crippen molar-refractivity contribution in [3.05, 3.63) is 40.4 Å². The molecule has 0 fully saturated rings. The van der Waals surface area contributed by atoms with Crippen LogP contribution in [-0.2, 0) is 13.1 Å². The van der Waals surface area contributed by atoms with E-state index >= 15 is 0 Å². The first kappa shape index (κ1) is 11.3. The maximum atomic E-state index is 4.45. The average molecular weight is 283 g/mol. The van der Waals surface area contributed by atoms with E-state index in [-0.39, 0.29) is 0 Å². The van der Waals surface area contributed by atoms with E-state index in [1.165, 1.54) is 5.69 Å². The number of rotatable bonds is 4. The lowest BCUT2D eigenvalue weighted by atomic mass is 10.3. The lowest BCUT2D eigenvalue weighted by Crippen LogP contribution is -2.15. The molecule has 0 bridgehead atoms. The van der Waals surface area contributed by atoms with Crippen LogP contribution in [0.15, 0.2) is 29.0 Å². The Morgan fingerprint density at radius 3 is 2.69 bits per heavy atom. The van der Waals surface area contributed by atoms with Crippen molar-refractivity contribution in [3.8, 4) is 0 Å². The van der Waals surface area contributed by atoms with Gasteiger partial charge in [-0.15, -0.1) is 0 Å². The summed E-state index contributed by atoms with van der Waals surface area (Å²) in [7, 11) is 0. The molecule has 0 saturated carbocycles. The summed E-state index contributed by atoms with van der Waals surface area (Å²) in [5.74, 6) is 0. The molecule has 0 spiro atoms. The summed E-state index contributed by atoms with van der Waals surface area (Å²) >= 11 is 3.57. The summed E-state index contributed by atoms with van der Waals surface area (Å²) < 4.78 is 5.04.